The highest BCUT2D eigenvalue weighted by molar-refractivity contribution is 7.28. The summed E-state index contributed by atoms with van der Waals surface area (Å²) in [6.07, 6.45) is 1.63. The molecular formula is C58H34N6O8S4. The van der Waals surface area contributed by atoms with E-state index >= 15 is 19.2 Å². The van der Waals surface area contributed by atoms with Gasteiger partial charge in [0.25, 0.3) is 0 Å². The van der Waals surface area contributed by atoms with Gasteiger partial charge in [-0.15, -0.1) is 45.3 Å². The van der Waals surface area contributed by atoms with E-state index in [1.54, 1.807) is 176 Å². The zero-order chi connectivity index (χ0) is 52.8. The van der Waals surface area contributed by atoms with Gasteiger partial charge in [0.15, 0.2) is 0 Å². The van der Waals surface area contributed by atoms with E-state index in [1.165, 1.54) is 28.7 Å². The summed E-state index contributed by atoms with van der Waals surface area (Å²) in [5, 5.41) is 38.7. The SMILES string of the molecule is N#CC(C#N)=Nc1ccc(C2=Cc3sc4c(c3C2(C(=O)OCc2ccccc2)C(=O)OCc2ccccc2)C(C(=O)OCc2ccccc2)(C(=O)OCc2ccccc2)c2cc(-c3ccc(N=C(C#N)C#N)s3)sc2-4)s1. The van der Waals surface area contributed by atoms with Crippen LogP contribution < -0.4 is 0 Å². The predicted molar refractivity (Wildman–Crippen MR) is 287 cm³/mol. The van der Waals surface area contributed by atoms with Crippen LogP contribution in [0.2, 0.25) is 0 Å². The van der Waals surface area contributed by atoms with E-state index in [0.717, 1.165) is 22.7 Å². The highest BCUT2D eigenvalue weighted by atomic mass is 32.1. The summed E-state index contributed by atoms with van der Waals surface area (Å²) in [4.78, 5) is 74.7. The van der Waals surface area contributed by atoms with Crippen LogP contribution in [0.3, 0.4) is 0 Å². The van der Waals surface area contributed by atoms with Crippen molar-refractivity contribution in [2.75, 3.05) is 0 Å². The molecule has 4 aromatic heterocycles. The molecule has 0 fully saturated rings. The highest BCUT2D eigenvalue weighted by Crippen LogP contribution is 2.66. The molecule has 2 aliphatic carbocycles. The second-order valence-electron chi connectivity index (χ2n) is 16.8. The largest absolute Gasteiger partial charge is 0.459 e. The van der Waals surface area contributed by atoms with Crippen LogP contribution in [-0.2, 0) is 75.4 Å². The lowest BCUT2D eigenvalue weighted by Gasteiger charge is -2.33. The van der Waals surface area contributed by atoms with Crippen LogP contribution in [-0.4, -0.2) is 35.3 Å². The van der Waals surface area contributed by atoms with E-state index < -0.39 is 40.4 Å². The van der Waals surface area contributed by atoms with Gasteiger partial charge in [-0.3, -0.25) is 19.2 Å². The third-order valence-corrected chi connectivity index (χ3v) is 17.0. The number of carbonyl (C=O) groups excluding carboxylic acids is 4. The van der Waals surface area contributed by atoms with Crippen LogP contribution in [0.1, 0.15) is 48.7 Å². The van der Waals surface area contributed by atoms with E-state index in [2.05, 4.69) is 9.98 Å². The maximum absolute atomic E-state index is 15.9. The first kappa shape index (κ1) is 50.1. The summed E-state index contributed by atoms with van der Waals surface area (Å²) >= 11 is 4.54. The van der Waals surface area contributed by atoms with Crippen molar-refractivity contribution in [3.63, 3.8) is 0 Å². The summed E-state index contributed by atoms with van der Waals surface area (Å²) < 4.78 is 25.0. The van der Waals surface area contributed by atoms with Gasteiger partial charge in [-0.05, 0) is 58.7 Å². The smallest absolute Gasteiger partial charge is 0.333 e. The van der Waals surface area contributed by atoms with Crippen molar-refractivity contribution in [3.05, 3.63) is 200 Å². The van der Waals surface area contributed by atoms with E-state index in [9.17, 15) is 21.0 Å². The number of fused-ring (bicyclic) bond motifs is 5. The van der Waals surface area contributed by atoms with Gasteiger partial charge in [-0.2, -0.15) is 21.0 Å². The van der Waals surface area contributed by atoms with Gasteiger partial charge < -0.3 is 18.9 Å². The average molecular weight is 1070 g/mol. The molecule has 0 aliphatic heterocycles. The molecule has 4 aromatic carbocycles. The Morgan fingerprint density at radius 1 is 0.434 bits per heavy atom. The van der Waals surface area contributed by atoms with Crippen LogP contribution in [0.4, 0.5) is 10.0 Å². The van der Waals surface area contributed by atoms with E-state index in [4.69, 9.17) is 18.9 Å². The fourth-order valence-corrected chi connectivity index (χ4v) is 13.6. The minimum absolute atomic E-state index is 0.0359. The first-order valence-corrected chi connectivity index (χ1v) is 26.3. The van der Waals surface area contributed by atoms with Gasteiger partial charge in [0.05, 0.1) is 9.75 Å². The fraction of sp³-hybridized carbons (Fsp3) is 0.103. The lowest BCUT2D eigenvalue weighted by atomic mass is 9.69. The second-order valence-corrected chi connectivity index (χ2v) is 21.1. The van der Waals surface area contributed by atoms with Crippen molar-refractivity contribution >= 4 is 102 Å². The standard InChI is InChI=1S/C58H34N6O8S4/c59-27-39(28-60)63-47-23-21-43(73-47)41-25-46-49(57(41,53(65)69-31-35-13-5-1-6-14-35)54(66)70-32-36-15-7-2-8-16-36)50-52(76-46)51-42(26-45(75-51)44-22-24-48(74-44)64-40(29-61)30-62)58(50,55(67)71-33-37-17-9-3-10-18-37)56(68)72-34-38-19-11-4-12-20-38/h1-26H,31-34H2. The number of aliphatic imine (C=N–C) groups is 2. The maximum Gasteiger partial charge on any atom is 0.333 e. The molecule has 368 valence electrons. The van der Waals surface area contributed by atoms with Gasteiger partial charge in [-0.1, -0.05) is 121 Å². The number of nitrogens with zero attached hydrogens (tertiary/aromatic N) is 6. The van der Waals surface area contributed by atoms with Gasteiger partial charge in [-0.25, -0.2) is 9.98 Å². The van der Waals surface area contributed by atoms with Crippen molar-refractivity contribution in [1.29, 1.82) is 21.0 Å². The molecule has 2 aliphatic rings. The molecule has 0 radical (unpaired) electrons. The predicted octanol–water partition coefficient (Wildman–Crippen LogP) is 11.9. The van der Waals surface area contributed by atoms with Gasteiger partial charge in [0, 0.05) is 41.8 Å². The summed E-state index contributed by atoms with van der Waals surface area (Å²) in [5.74, 6) is -4.30. The average Bonchev–Trinajstić information content (AvgIpc) is 4.48. The minimum atomic E-state index is -2.58. The third kappa shape index (κ3) is 9.19. The van der Waals surface area contributed by atoms with Crippen molar-refractivity contribution in [2.45, 2.75) is 37.3 Å². The molecule has 0 spiro atoms. The molecule has 8 aromatic rings. The van der Waals surface area contributed by atoms with Crippen LogP contribution in [0.5, 0.6) is 0 Å². The molecule has 0 N–H and O–H groups in total. The molecule has 18 heteroatoms. The number of benzene rings is 4. The van der Waals surface area contributed by atoms with Gasteiger partial charge in [0.2, 0.25) is 22.3 Å². The summed E-state index contributed by atoms with van der Waals surface area (Å²) in [6, 6.07) is 50.7. The Morgan fingerprint density at radius 3 is 1.25 bits per heavy atom. The number of hydrogen-bond acceptors (Lipinski definition) is 18. The van der Waals surface area contributed by atoms with Gasteiger partial charge in [0.1, 0.15) is 60.7 Å². The molecule has 0 unspecified atom stereocenters. The Hall–Kier alpha value is -9.40. The fourth-order valence-electron chi connectivity index (χ4n) is 8.93. The molecular weight excluding hydrogens is 1040 g/mol. The van der Waals surface area contributed by atoms with Crippen LogP contribution >= 0.6 is 45.3 Å². The first-order valence-electron chi connectivity index (χ1n) is 23.0. The van der Waals surface area contributed by atoms with Crippen LogP contribution in [0, 0.1) is 45.3 Å². The molecule has 76 heavy (non-hydrogen) atoms. The minimum Gasteiger partial charge on any atom is -0.459 e. The summed E-state index contributed by atoms with van der Waals surface area (Å²) in [7, 11) is 0. The molecule has 0 saturated carbocycles. The lowest BCUT2D eigenvalue weighted by molar-refractivity contribution is -0.166. The zero-order valence-corrected chi connectivity index (χ0v) is 42.7. The second kappa shape index (κ2) is 21.6. The Labute approximate surface area is 450 Å². The first-order chi connectivity index (χ1) is 37.1. The Kier molecular flexibility index (Phi) is 14.2. The topological polar surface area (TPSA) is 225 Å². The monoisotopic (exact) mass is 1070 g/mol. The Morgan fingerprint density at radius 2 is 0.829 bits per heavy atom. The van der Waals surface area contributed by atoms with Gasteiger partial charge >= 0.3 is 23.9 Å². The molecule has 0 bridgehead atoms. The number of ether oxygens (including phenoxy) is 4. The van der Waals surface area contributed by atoms with E-state index in [-0.39, 0.29) is 59.4 Å². The Balaban J connectivity index is 1.25. The third-order valence-electron chi connectivity index (χ3n) is 12.3. The summed E-state index contributed by atoms with van der Waals surface area (Å²) in [6.45, 7) is -1.17. The molecule has 14 nitrogen and oxygen atoms in total. The maximum atomic E-state index is 15.9. The molecule has 10 rings (SSSR count). The normalized spacial score (nSPS) is 12.9. The van der Waals surface area contributed by atoms with Crippen molar-refractivity contribution < 1.29 is 38.1 Å². The summed E-state index contributed by atoms with van der Waals surface area (Å²) in [5.41, 5.74) is -3.37. The van der Waals surface area contributed by atoms with Crippen molar-refractivity contribution in [3.8, 4) is 43.8 Å². The number of carbonyl (C=O) groups is 4. The van der Waals surface area contributed by atoms with Crippen molar-refractivity contribution in [1.82, 2.24) is 0 Å². The zero-order valence-electron chi connectivity index (χ0n) is 39.4. The molecule has 4 heterocycles. The molecule has 0 amide bonds. The quantitative estimate of drug-likeness (QED) is 0.0381. The van der Waals surface area contributed by atoms with E-state index in [1.807, 2.05) is 0 Å². The number of esters is 4. The van der Waals surface area contributed by atoms with E-state index in [0.29, 0.717) is 56.5 Å². The number of rotatable bonds is 16. The van der Waals surface area contributed by atoms with Crippen LogP contribution in [0.15, 0.2) is 162 Å². The number of thiophene rings is 4. The number of nitriles is 4. The lowest BCUT2D eigenvalue weighted by Crippen LogP contribution is -2.50. The number of hydrogen-bond donors (Lipinski definition) is 0. The molecule has 0 saturated heterocycles. The Bertz CT molecular complexity index is 3720. The van der Waals surface area contributed by atoms with Crippen molar-refractivity contribution in [2.24, 2.45) is 9.98 Å². The van der Waals surface area contributed by atoms with Crippen LogP contribution in [0.25, 0.3) is 31.2 Å². The highest BCUT2D eigenvalue weighted by Gasteiger charge is 2.68. The molecule has 0 atom stereocenters.